The molecule has 0 spiro atoms. The van der Waals surface area contributed by atoms with E-state index in [2.05, 4.69) is 10.0 Å². The Morgan fingerprint density at radius 3 is 2.44 bits per heavy atom. The first kappa shape index (κ1) is 19.2. The fraction of sp³-hybridized carbons (Fsp3) is 0.316. The Labute approximate surface area is 159 Å². The van der Waals surface area contributed by atoms with Gasteiger partial charge in [0.15, 0.2) is 0 Å². The van der Waals surface area contributed by atoms with Crippen LogP contribution < -0.4 is 20.5 Å². The molecule has 1 aliphatic carbocycles. The monoisotopic (exact) mass is 389 g/mol. The summed E-state index contributed by atoms with van der Waals surface area (Å²) in [7, 11) is -2.34. The lowest BCUT2D eigenvalue weighted by Crippen LogP contribution is -2.42. The summed E-state index contributed by atoms with van der Waals surface area (Å²) in [5.74, 6) is 0.620. The number of para-hydroxylation sites is 1. The highest BCUT2D eigenvalue weighted by Crippen LogP contribution is 2.32. The number of rotatable bonds is 8. The fourth-order valence-corrected chi connectivity index (χ4v) is 3.92. The Morgan fingerprint density at radius 1 is 1.19 bits per heavy atom. The number of hydrogen-bond acceptors (Lipinski definition) is 5. The molecule has 8 heteroatoms. The van der Waals surface area contributed by atoms with Gasteiger partial charge in [-0.1, -0.05) is 12.1 Å². The lowest BCUT2D eigenvalue weighted by molar-refractivity contribution is 0.0934. The quantitative estimate of drug-likeness (QED) is 0.639. The highest BCUT2D eigenvalue weighted by molar-refractivity contribution is 7.92. The van der Waals surface area contributed by atoms with Crippen molar-refractivity contribution in [3.63, 3.8) is 0 Å². The van der Waals surface area contributed by atoms with E-state index in [4.69, 9.17) is 10.5 Å². The van der Waals surface area contributed by atoms with E-state index in [9.17, 15) is 13.2 Å². The minimum absolute atomic E-state index is 0.0799. The number of amides is 1. The van der Waals surface area contributed by atoms with E-state index in [0.717, 1.165) is 12.8 Å². The Hall–Kier alpha value is -2.58. The number of carbonyl (C=O) groups excluding carboxylic acids is 1. The maximum Gasteiger partial charge on any atom is 0.261 e. The van der Waals surface area contributed by atoms with Crippen LogP contribution in [-0.2, 0) is 10.0 Å². The van der Waals surface area contributed by atoms with Gasteiger partial charge >= 0.3 is 0 Å². The number of nitrogens with one attached hydrogen (secondary N) is 2. The van der Waals surface area contributed by atoms with Crippen LogP contribution in [0.15, 0.2) is 53.4 Å². The van der Waals surface area contributed by atoms with Gasteiger partial charge in [-0.15, -0.1) is 0 Å². The smallest absolute Gasteiger partial charge is 0.261 e. The minimum Gasteiger partial charge on any atom is -0.497 e. The number of benzene rings is 2. The zero-order valence-electron chi connectivity index (χ0n) is 15.0. The molecule has 1 atom stereocenters. The van der Waals surface area contributed by atoms with Crippen molar-refractivity contribution in [1.82, 2.24) is 5.32 Å². The standard InChI is InChI=1S/C19H23N3O4S/c1-26-14-8-10-15(11-9-14)27(24,25)22-17-5-3-2-4-16(17)19(23)21-18(12-20)13-6-7-13/h2-5,8-11,13,18,22H,6-7,12,20H2,1H3,(H,21,23). The van der Waals surface area contributed by atoms with Gasteiger partial charge in [-0.3, -0.25) is 9.52 Å². The van der Waals surface area contributed by atoms with Crippen molar-refractivity contribution >= 4 is 21.6 Å². The number of ether oxygens (including phenoxy) is 1. The first-order chi connectivity index (χ1) is 12.9. The highest BCUT2D eigenvalue weighted by Gasteiger charge is 2.32. The molecule has 0 heterocycles. The molecule has 1 amide bonds. The molecule has 1 fully saturated rings. The van der Waals surface area contributed by atoms with E-state index in [-0.39, 0.29) is 28.1 Å². The van der Waals surface area contributed by atoms with Gasteiger partial charge in [-0.05, 0) is 55.2 Å². The third-order valence-corrected chi connectivity index (χ3v) is 5.93. The van der Waals surface area contributed by atoms with Crippen LogP contribution in [0.25, 0.3) is 0 Å². The fourth-order valence-electron chi connectivity index (χ4n) is 2.84. The minimum atomic E-state index is -3.84. The topological polar surface area (TPSA) is 111 Å². The van der Waals surface area contributed by atoms with Gasteiger partial charge in [0.25, 0.3) is 15.9 Å². The molecule has 0 aliphatic heterocycles. The van der Waals surface area contributed by atoms with Crippen LogP contribution in [0, 0.1) is 5.92 Å². The van der Waals surface area contributed by atoms with E-state index in [0.29, 0.717) is 18.2 Å². The Morgan fingerprint density at radius 2 is 1.85 bits per heavy atom. The first-order valence-electron chi connectivity index (χ1n) is 8.71. The maximum absolute atomic E-state index is 12.7. The summed E-state index contributed by atoms with van der Waals surface area (Å²) in [5, 5.41) is 2.91. The van der Waals surface area contributed by atoms with Crippen LogP contribution in [-0.4, -0.2) is 34.0 Å². The van der Waals surface area contributed by atoms with Gasteiger partial charge in [0, 0.05) is 12.6 Å². The molecule has 1 unspecified atom stereocenters. The lowest BCUT2D eigenvalue weighted by atomic mass is 10.1. The van der Waals surface area contributed by atoms with Crippen molar-refractivity contribution in [2.75, 3.05) is 18.4 Å². The summed E-state index contributed by atoms with van der Waals surface area (Å²) < 4.78 is 32.9. The maximum atomic E-state index is 12.7. The van der Waals surface area contributed by atoms with E-state index in [1.54, 1.807) is 36.4 Å². The Bertz CT molecular complexity index is 909. The summed E-state index contributed by atoms with van der Waals surface area (Å²) in [5.41, 5.74) is 6.22. The zero-order chi connectivity index (χ0) is 19.4. The van der Waals surface area contributed by atoms with Gasteiger partial charge in [-0.25, -0.2) is 8.42 Å². The van der Waals surface area contributed by atoms with Crippen LogP contribution in [0.5, 0.6) is 5.75 Å². The molecule has 7 nitrogen and oxygen atoms in total. The number of hydrogen-bond donors (Lipinski definition) is 3. The molecule has 0 bridgehead atoms. The molecule has 144 valence electrons. The first-order valence-corrected chi connectivity index (χ1v) is 10.2. The number of nitrogens with two attached hydrogens (primary N) is 1. The van der Waals surface area contributed by atoms with Gasteiger partial charge in [0.1, 0.15) is 5.75 Å². The van der Waals surface area contributed by atoms with Crippen LogP contribution in [0.4, 0.5) is 5.69 Å². The molecule has 2 aromatic rings. The van der Waals surface area contributed by atoms with E-state index >= 15 is 0 Å². The lowest BCUT2D eigenvalue weighted by Gasteiger charge is -2.18. The summed E-state index contributed by atoms with van der Waals surface area (Å²) in [6.07, 6.45) is 2.10. The zero-order valence-corrected chi connectivity index (χ0v) is 15.8. The van der Waals surface area contributed by atoms with Crippen molar-refractivity contribution in [2.24, 2.45) is 11.7 Å². The third-order valence-electron chi connectivity index (χ3n) is 4.55. The van der Waals surface area contributed by atoms with Gasteiger partial charge < -0.3 is 15.8 Å². The van der Waals surface area contributed by atoms with Gasteiger partial charge in [-0.2, -0.15) is 0 Å². The number of sulfonamides is 1. The average Bonchev–Trinajstić information content (AvgIpc) is 3.51. The van der Waals surface area contributed by atoms with E-state index in [1.807, 2.05) is 0 Å². The second-order valence-electron chi connectivity index (χ2n) is 6.48. The molecule has 27 heavy (non-hydrogen) atoms. The third kappa shape index (κ3) is 4.58. The Balaban J connectivity index is 1.81. The Kier molecular flexibility index (Phi) is 5.67. The van der Waals surface area contributed by atoms with Crippen LogP contribution in [0.1, 0.15) is 23.2 Å². The SMILES string of the molecule is COc1ccc(S(=O)(=O)Nc2ccccc2C(=O)NC(CN)C2CC2)cc1. The molecular weight excluding hydrogens is 366 g/mol. The molecular formula is C19H23N3O4S. The predicted molar refractivity (Wildman–Crippen MR) is 103 cm³/mol. The summed E-state index contributed by atoms with van der Waals surface area (Å²) in [4.78, 5) is 12.7. The van der Waals surface area contributed by atoms with Crippen LogP contribution >= 0.6 is 0 Å². The van der Waals surface area contributed by atoms with E-state index < -0.39 is 10.0 Å². The van der Waals surface area contributed by atoms with Gasteiger partial charge in [0.05, 0.1) is 23.3 Å². The highest BCUT2D eigenvalue weighted by atomic mass is 32.2. The van der Waals surface area contributed by atoms with Crippen molar-refractivity contribution < 1.29 is 17.9 Å². The van der Waals surface area contributed by atoms with E-state index in [1.165, 1.54) is 19.2 Å². The van der Waals surface area contributed by atoms with Crippen molar-refractivity contribution in [3.8, 4) is 5.75 Å². The second-order valence-corrected chi connectivity index (χ2v) is 8.16. The summed E-state index contributed by atoms with van der Waals surface area (Å²) >= 11 is 0. The summed E-state index contributed by atoms with van der Waals surface area (Å²) in [6.45, 7) is 0.357. The summed E-state index contributed by atoms with van der Waals surface area (Å²) in [6, 6.07) is 12.4. The average molecular weight is 389 g/mol. The van der Waals surface area contributed by atoms with Crippen molar-refractivity contribution in [3.05, 3.63) is 54.1 Å². The molecule has 4 N–H and O–H groups in total. The number of carbonyl (C=O) groups is 1. The largest absolute Gasteiger partial charge is 0.497 e. The molecule has 3 rings (SSSR count). The van der Waals surface area contributed by atoms with Crippen LogP contribution in [0.2, 0.25) is 0 Å². The molecule has 1 saturated carbocycles. The molecule has 0 aromatic heterocycles. The molecule has 2 aromatic carbocycles. The molecule has 0 saturated heterocycles. The predicted octanol–water partition coefficient (Wildman–Crippen LogP) is 1.96. The second kappa shape index (κ2) is 7.98. The van der Waals surface area contributed by atoms with Crippen LogP contribution in [0.3, 0.4) is 0 Å². The number of methoxy groups -OCH3 is 1. The molecule has 1 aliphatic rings. The molecule has 0 radical (unpaired) electrons. The van der Waals surface area contributed by atoms with Crippen molar-refractivity contribution in [2.45, 2.75) is 23.8 Å². The number of anilines is 1. The normalized spacial score (nSPS) is 15.0. The van der Waals surface area contributed by atoms with Crippen molar-refractivity contribution in [1.29, 1.82) is 0 Å². The van der Waals surface area contributed by atoms with Gasteiger partial charge in [0.2, 0.25) is 0 Å².